The van der Waals surface area contributed by atoms with E-state index in [2.05, 4.69) is 52.4 Å². The molecule has 0 spiro atoms. The van der Waals surface area contributed by atoms with E-state index in [0.29, 0.717) is 17.7 Å². The number of pyridine rings is 1. The molecular formula is C23H26N6OS. The van der Waals surface area contributed by atoms with Crippen LogP contribution in [-0.4, -0.2) is 40.7 Å². The second kappa shape index (κ2) is 8.72. The van der Waals surface area contributed by atoms with Gasteiger partial charge in [-0.1, -0.05) is 24.3 Å². The Hall–Kier alpha value is -2.84. The summed E-state index contributed by atoms with van der Waals surface area (Å²) in [6, 6.07) is 14.2. The Morgan fingerprint density at radius 1 is 0.968 bits per heavy atom. The Morgan fingerprint density at radius 3 is 2.68 bits per heavy atom. The average molecular weight is 435 g/mol. The second-order valence-electron chi connectivity index (χ2n) is 8.13. The van der Waals surface area contributed by atoms with Gasteiger partial charge in [0.05, 0.1) is 5.69 Å². The van der Waals surface area contributed by atoms with Gasteiger partial charge in [-0.15, -0.1) is 0 Å². The van der Waals surface area contributed by atoms with Crippen molar-refractivity contribution in [1.82, 2.24) is 20.3 Å². The van der Waals surface area contributed by atoms with Crippen molar-refractivity contribution in [2.75, 3.05) is 29.7 Å². The normalized spacial score (nSPS) is 20.6. The summed E-state index contributed by atoms with van der Waals surface area (Å²) < 4.78 is 9.62. The van der Waals surface area contributed by atoms with Gasteiger partial charge in [0, 0.05) is 36.7 Å². The van der Waals surface area contributed by atoms with Crippen molar-refractivity contribution in [3.8, 4) is 17.1 Å². The molecule has 1 saturated heterocycles. The van der Waals surface area contributed by atoms with Gasteiger partial charge in [0.25, 0.3) is 0 Å². The molecular weight excluding hydrogens is 408 g/mol. The van der Waals surface area contributed by atoms with Crippen LogP contribution in [0.2, 0.25) is 0 Å². The molecule has 0 saturated carbocycles. The van der Waals surface area contributed by atoms with Gasteiger partial charge in [0.1, 0.15) is 16.9 Å². The minimum atomic E-state index is 0.0593. The van der Waals surface area contributed by atoms with Crippen molar-refractivity contribution < 1.29 is 4.74 Å². The first kappa shape index (κ1) is 20.1. The van der Waals surface area contributed by atoms with Crippen LogP contribution in [0, 0.1) is 19.8 Å². The molecule has 8 heteroatoms. The van der Waals surface area contributed by atoms with Crippen LogP contribution in [0.5, 0.6) is 5.88 Å². The van der Waals surface area contributed by atoms with Crippen LogP contribution in [0.4, 0.5) is 11.8 Å². The first-order valence-electron chi connectivity index (χ1n) is 10.6. The molecule has 1 aromatic carbocycles. The molecule has 7 nitrogen and oxygen atoms in total. The lowest BCUT2D eigenvalue weighted by molar-refractivity contribution is 0.135. The maximum absolute atomic E-state index is 6.36. The Kier molecular flexibility index (Phi) is 5.65. The van der Waals surface area contributed by atoms with E-state index in [1.807, 2.05) is 24.3 Å². The summed E-state index contributed by atoms with van der Waals surface area (Å²) in [7, 11) is 0. The zero-order chi connectivity index (χ0) is 21.2. The summed E-state index contributed by atoms with van der Waals surface area (Å²) in [4.78, 5) is 14.2. The van der Waals surface area contributed by atoms with Gasteiger partial charge >= 0.3 is 0 Å². The van der Waals surface area contributed by atoms with Crippen LogP contribution < -0.4 is 20.1 Å². The van der Waals surface area contributed by atoms with Crippen LogP contribution in [-0.2, 0) is 0 Å². The fraction of sp³-hybridized carbons (Fsp3) is 0.348. The van der Waals surface area contributed by atoms with E-state index in [1.165, 1.54) is 23.1 Å². The van der Waals surface area contributed by atoms with E-state index in [1.54, 1.807) is 0 Å². The summed E-state index contributed by atoms with van der Waals surface area (Å²) in [5.41, 5.74) is 4.34. The number of ether oxygens (including phenoxy) is 1. The molecule has 0 radical (unpaired) electrons. The molecule has 4 heterocycles. The Morgan fingerprint density at radius 2 is 1.81 bits per heavy atom. The first-order chi connectivity index (χ1) is 15.1. The lowest BCUT2D eigenvalue weighted by Gasteiger charge is -2.30. The number of piperidine rings is 1. The van der Waals surface area contributed by atoms with Crippen molar-refractivity contribution in [1.29, 1.82) is 0 Å². The monoisotopic (exact) mass is 434 g/mol. The quantitative estimate of drug-likeness (QED) is 0.495. The minimum absolute atomic E-state index is 0.0593. The number of aryl methyl sites for hydroxylation is 2. The molecule has 2 aliphatic rings. The predicted molar refractivity (Wildman–Crippen MR) is 125 cm³/mol. The highest BCUT2D eigenvalue weighted by molar-refractivity contribution is 8.00. The van der Waals surface area contributed by atoms with Crippen LogP contribution in [0.3, 0.4) is 0 Å². The van der Waals surface area contributed by atoms with Crippen LogP contribution in [0.1, 0.15) is 17.5 Å². The molecule has 0 aliphatic carbocycles. The van der Waals surface area contributed by atoms with E-state index >= 15 is 0 Å². The number of fused-ring (bicyclic) bond motifs is 6. The number of hydrogen-bond donors (Lipinski definition) is 3. The molecule has 2 aromatic heterocycles. The zero-order valence-corrected chi connectivity index (χ0v) is 18.5. The lowest BCUT2D eigenvalue weighted by atomic mass is 9.97. The van der Waals surface area contributed by atoms with Crippen LogP contribution in [0.15, 0.2) is 47.5 Å². The minimum Gasteiger partial charge on any atom is -0.473 e. The highest BCUT2D eigenvalue weighted by Crippen LogP contribution is 2.31. The maximum Gasteiger partial charge on any atom is 0.237 e. The van der Waals surface area contributed by atoms with E-state index in [0.717, 1.165) is 48.2 Å². The molecule has 6 bridgehead atoms. The van der Waals surface area contributed by atoms with Crippen molar-refractivity contribution in [3.63, 3.8) is 0 Å². The fourth-order valence-electron chi connectivity index (χ4n) is 4.20. The summed E-state index contributed by atoms with van der Waals surface area (Å²) in [5, 5.41) is 7.81. The molecule has 1 fully saturated rings. The first-order valence-corrected chi connectivity index (χ1v) is 11.4. The topological polar surface area (TPSA) is 84.0 Å². The zero-order valence-electron chi connectivity index (χ0n) is 17.7. The Bertz CT molecular complexity index is 1070. The van der Waals surface area contributed by atoms with Gasteiger partial charge < -0.3 is 15.4 Å². The third-order valence-corrected chi connectivity index (χ3v) is 6.39. The molecule has 2 unspecified atom stereocenters. The largest absolute Gasteiger partial charge is 0.473 e. The van der Waals surface area contributed by atoms with Crippen molar-refractivity contribution >= 4 is 23.7 Å². The number of rotatable bonds is 1. The fourth-order valence-corrected chi connectivity index (χ4v) is 4.78. The highest BCUT2D eigenvalue weighted by atomic mass is 32.2. The van der Waals surface area contributed by atoms with Gasteiger partial charge in [-0.25, -0.2) is 9.97 Å². The van der Waals surface area contributed by atoms with Crippen molar-refractivity contribution in [2.45, 2.75) is 31.4 Å². The van der Waals surface area contributed by atoms with E-state index in [9.17, 15) is 0 Å². The highest BCUT2D eigenvalue weighted by Gasteiger charge is 2.24. The third kappa shape index (κ3) is 4.60. The van der Waals surface area contributed by atoms with E-state index in [-0.39, 0.29) is 6.10 Å². The van der Waals surface area contributed by atoms with Gasteiger partial charge in [-0.2, -0.15) is 4.98 Å². The summed E-state index contributed by atoms with van der Waals surface area (Å²) >= 11 is 1.40. The number of nitrogens with zero attached hydrogens (tertiary/aromatic N) is 3. The molecule has 3 aromatic rings. The van der Waals surface area contributed by atoms with Gasteiger partial charge in [-0.05, 0) is 56.0 Å². The molecule has 3 N–H and O–H groups in total. The van der Waals surface area contributed by atoms with E-state index in [4.69, 9.17) is 14.7 Å². The van der Waals surface area contributed by atoms with E-state index < -0.39 is 0 Å². The SMILES string of the molecule is Cc1cccc(C)c1-c1cc2nc(n1)NSc1cccc(n1)NCC1CNCC(C1)O2. The number of benzene rings is 1. The molecule has 2 atom stereocenters. The van der Waals surface area contributed by atoms with Crippen LogP contribution in [0.25, 0.3) is 11.3 Å². The summed E-state index contributed by atoms with van der Waals surface area (Å²) in [6.07, 6.45) is 1.02. The number of hydrogen-bond acceptors (Lipinski definition) is 8. The van der Waals surface area contributed by atoms with Gasteiger partial charge in [-0.3, -0.25) is 4.72 Å². The predicted octanol–water partition coefficient (Wildman–Crippen LogP) is 4.06. The number of anilines is 2. The Balaban J connectivity index is 1.55. The average Bonchev–Trinajstić information content (AvgIpc) is 2.76. The molecule has 0 amide bonds. The Labute approximate surface area is 186 Å². The number of nitrogens with one attached hydrogen (secondary N) is 3. The van der Waals surface area contributed by atoms with Gasteiger partial charge in [0.2, 0.25) is 11.8 Å². The summed E-state index contributed by atoms with van der Waals surface area (Å²) in [6.45, 7) is 6.84. The standard InChI is InChI=1S/C23H26N6OS/c1-14-5-3-6-15(2)22(14)18-10-20-28-23(26-18)29-31-21-8-4-7-19(27-21)25-12-16-9-17(30-20)13-24-11-16/h3-8,10,16-17,24H,9,11-13H2,1-2H3,(H,25,27)(H,26,28,29). The number of aromatic nitrogens is 3. The smallest absolute Gasteiger partial charge is 0.237 e. The molecule has 2 aliphatic heterocycles. The second-order valence-corrected chi connectivity index (χ2v) is 8.95. The molecule has 5 rings (SSSR count). The van der Waals surface area contributed by atoms with Crippen molar-refractivity contribution in [3.05, 3.63) is 53.6 Å². The van der Waals surface area contributed by atoms with Crippen molar-refractivity contribution in [2.24, 2.45) is 5.92 Å². The molecule has 160 valence electrons. The maximum atomic E-state index is 6.36. The third-order valence-electron chi connectivity index (χ3n) is 5.67. The lowest BCUT2D eigenvalue weighted by Crippen LogP contribution is -2.44. The van der Waals surface area contributed by atoms with Crippen LogP contribution >= 0.6 is 11.9 Å². The molecule has 31 heavy (non-hydrogen) atoms. The summed E-state index contributed by atoms with van der Waals surface area (Å²) in [5.74, 6) is 2.43. The van der Waals surface area contributed by atoms with Gasteiger partial charge in [0.15, 0.2) is 0 Å².